The average Bonchev–Trinajstić information content (AvgIpc) is 2.72. The highest BCUT2D eigenvalue weighted by Gasteiger charge is 2.26. The fourth-order valence-corrected chi connectivity index (χ4v) is 2.11. The van der Waals surface area contributed by atoms with Gasteiger partial charge < -0.3 is 15.0 Å². The van der Waals surface area contributed by atoms with Crippen LogP contribution in [0.5, 0.6) is 0 Å². The highest BCUT2D eigenvalue weighted by atomic mass is 16.5. The third-order valence-corrected chi connectivity index (χ3v) is 3.03. The summed E-state index contributed by atoms with van der Waals surface area (Å²) in [5.74, 6) is -0.507. The minimum Gasteiger partial charge on any atom is -0.467 e. The van der Waals surface area contributed by atoms with E-state index in [1.54, 1.807) is 0 Å². The summed E-state index contributed by atoms with van der Waals surface area (Å²) >= 11 is 0. The van der Waals surface area contributed by atoms with Crippen LogP contribution in [0.3, 0.4) is 0 Å². The second-order valence-electron chi connectivity index (χ2n) is 5.19. The molecule has 1 rings (SSSR count). The maximum absolute atomic E-state index is 11.8. The Morgan fingerprint density at radius 1 is 1.42 bits per heavy atom. The van der Waals surface area contributed by atoms with E-state index in [2.05, 4.69) is 10.1 Å². The largest absolute Gasteiger partial charge is 0.467 e. The molecule has 1 saturated heterocycles. The molecule has 0 spiro atoms. The van der Waals surface area contributed by atoms with Crippen LogP contribution in [0.25, 0.3) is 0 Å². The van der Waals surface area contributed by atoms with Gasteiger partial charge in [0.05, 0.1) is 13.7 Å². The van der Waals surface area contributed by atoms with Crippen LogP contribution < -0.4 is 5.32 Å². The molecule has 1 heterocycles. The number of carbonyl (C=O) groups is 3. The highest BCUT2D eigenvalue weighted by Crippen LogP contribution is 2.10. The molecule has 1 fully saturated rings. The molecular weight excluding hydrogens is 248 g/mol. The molecule has 1 atom stereocenters. The van der Waals surface area contributed by atoms with Gasteiger partial charge >= 0.3 is 5.97 Å². The van der Waals surface area contributed by atoms with E-state index in [1.165, 1.54) is 12.0 Å². The first-order valence-electron chi connectivity index (χ1n) is 6.59. The van der Waals surface area contributed by atoms with Crippen molar-refractivity contribution in [3.05, 3.63) is 0 Å². The van der Waals surface area contributed by atoms with Crippen LogP contribution in [0.15, 0.2) is 0 Å². The van der Waals surface area contributed by atoms with E-state index in [-0.39, 0.29) is 24.3 Å². The quantitative estimate of drug-likeness (QED) is 0.705. The van der Waals surface area contributed by atoms with Gasteiger partial charge in [0.1, 0.15) is 6.04 Å². The molecule has 6 nitrogen and oxygen atoms in total. The van der Waals surface area contributed by atoms with Gasteiger partial charge in [-0.1, -0.05) is 13.8 Å². The maximum Gasteiger partial charge on any atom is 0.328 e. The number of carbonyl (C=O) groups excluding carboxylic acids is 3. The number of methoxy groups -OCH3 is 1. The first-order valence-corrected chi connectivity index (χ1v) is 6.59. The Bertz CT molecular complexity index is 355. The number of likely N-dealkylation sites (tertiary alicyclic amines) is 1. The van der Waals surface area contributed by atoms with Gasteiger partial charge in [0, 0.05) is 13.0 Å². The van der Waals surface area contributed by atoms with Gasteiger partial charge in [-0.25, -0.2) is 4.79 Å². The number of amides is 2. The van der Waals surface area contributed by atoms with Gasteiger partial charge in [-0.15, -0.1) is 0 Å². The number of esters is 1. The normalized spacial score (nSPS) is 16.6. The van der Waals surface area contributed by atoms with Crippen LogP contribution in [0.2, 0.25) is 0 Å². The summed E-state index contributed by atoms with van der Waals surface area (Å²) in [6.07, 6.45) is 1.81. The molecule has 0 aliphatic carbocycles. The molecule has 0 aromatic rings. The maximum atomic E-state index is 11.8. The summed E-state index contributed by atoms with van der Waals surface area (Å²) in [5, 5.41) is 2.64. The van der Waals surface area contributed by atoms with Gasteiger partial charge in [-0.3, -0.25) is 9.59 Å². The Morgan fingerprint density at radius 2 is 2.11 bits per heavy atom. The van der Waals surface area contributed by atoms with Crippen molar-refractivity contribution in [3.8, 4) is 0 Å². The number of nitrogens with one attached hydrogen (secondary N) is 1. The van der Waals surface area contributed by atoms with Crippen molar-refractivity contribution in [1.29, 1.82) is 0 Å². The zero-order chi connectivity index (χ0) is 14.4. The Morgan fingerprint density at radius 3 is 2.58 bits per heavy atom. The van der Waals surface area contributed by atoms with Crippen molar-refractivity contribution >= 4 is 17.8 Å². The zero-order valence-electron chi connectivity index (χ0n) is 11.8. The molecule has 6 heteroatoms. The molecule has 0 bridgehead atoms. The van der Waals surface area contributed by atoms with E-state index in [4.69, 9.17) is 0 Å². The van der Waals surface area contributed by atoms with Crippen molar-refractivity contribution in [1.82, 2.24) is 10.2 Å². The van der Waals surface area contributed by atoms with Gasteiger partial charge in [-0.05, 0) is 18.8 Å². The lowest BCUT2D eigenvalue weighted by atomic mass is 10.0. The summed E-state index contributed by atoms with van der Waals surface area (Å²) in [4.78, 5) is 36.3. The van der Waals surface area contributed by atoms with Crippen LogP contribution in [0.1, 0.15) is 33.1 Å². The smallest absolute Gasteiger partial charge is 0.328 e. The van der Waals surface area contributed by atoms with E-state index >= 15 is 0 Å². The third kappa shape index (κ3) is 4.89. The van der Waals surface area contributed by atoms with Crippen molar-refractivity contribution in [2.24, 2.45) is 5.92 Å². The van der Waals surface area contributed by atoms with E-state index in [0.717, 1.165) is 6.42 Å². The fraction of sp³-hybridized carbons (Fsp3) is 0.769. The number of rotatable bonds is 6. The molecule has 2 amide bonds. The minimum absolute atomic E-state index is 0.00590. The Balaban J connectivity index is 2.50. The van der Waals surface area contributed by atoms with E-state index in [9.17, 15) is 14.4 Å². The molecule has 1 aliphatic rings. The lowest BCUT2D eigenvalue weighted by molar-refractivity contribution is -0.145. The summed E-state index contributed by atoms with van der Waals surface area (Å²) in [6.45, 7) is 4.56. The van der Waals surface area contributed by atoms with Crippen LogP contribution in [-0.4, -0.2) is 48.9 Å². The SMILES string of the molecule is COC(=O)C(CC(C)C)NC(=O)CN1CCCC1=O. The second-order valence-corrected chi connectivity index (χ2v) is 5.19. The third-order valence-electron chi connectivity index (χ3n) is 3.03. The van der Waals surface area contributed by atoms with Gasteiger partial charge in [0.15, 0.2) is 0 Å². The molecular formula is C13H22N2O4. The monoisotopic (exact) mass is 270 g/mol. The molecule has 19 heavy (non-hydrogen) atoms. The van der Waals surface area contributed by atoms with Crippen LogP contribution in [-0.2, 0) is 19.1 Å². The van der Waals surface area contributed by atoms with E-state index in [0.29, 0.717) is 19.4 Å². The van der Waals surface area contributed by atoms with Crippen molar-refractivity contribution in [2.45, 2.75) is 39.2 Å². The van der Waals surface area contributed by atoms with Gasteiger partial charge in [-0.2, -0.15) is 0 Å². The predicted octanol–water partition coefficient (Wildman–Crippen LogP) is 0.313. The lowest BCUT2D eigenvalue weighted by Crippen LogP contribution is -2.46. The number of nitrogens with zero attached hydrogens (tertiary/aromatic N) is 1. The van der Waals surface area contributed by atoms with Gasteiger partial charge in [0.25, 0.3) is 0 Å². The summed E-state index contributed by atoms with van der Waals surface area (Å²) in [6, 6.07) is -0.643. The summed E-state index contributed by atoms with van der Waals surface area (Å²) in [5.41, 5.74) is 0. The minimum atomic E-state index is -0.643. The molecule has 0 saturated carbocycles. The predicted molar refractivity (Wildman–Crippen MR) is 69.2 cm³/mol. The molecule has 0 aromatic carbocycles. The average molecular weight is 270 g/mol. The second kappa shape index (κ2) is 7.11. The molecule has 1 N–H and O–H groups in total. The Kier molecular flexibility index (Phi) is 5.79. The van der Waals surface area contributed by atoms with Crippen molar-refractivity contribution < 1.29 is 19.1 Å². The topological polar surface area (TPSA) is 75.7 Å². The Labute approximate surface area is 113 Å². The van der Waals surface area contributed by atoms with Crippen molar-refractivity contribution in [2.75, 3.05) is 20.2 Å². The first-order chi connectivity index (χ1) is 8.93. The number of hydrogen-bond acceptors (Lipinski definition) is 4. The van der Waals surface area contributed by atoms with Crippen LogP contribution in [0.4, 0.5) is 0 Å². The lowest BCUT2D eigenvalue weighted by Gasteiger charge is -2.20. The Hall–Kier alpha value is -1.59. The fourth-order valence-electron chi connectivity index (χ4n) is 2.11. The van der Waals surface area contributed by atoms with Crippen LogP contribution in [0, 0.1) is 5.92 Å². The summed E-state index contributed by atoms with van der Waals surface area (Å²) in [7, 11) is 1.30. The summed E-state index contributed by atoms with van der Waals surface area (Å²) < 4.78 is 4.67. The first kappa shape index (κ1) is 15.5. The van der Waals surface area contributed by atoms with E-state index < -0.39 is 12.0 Å². The molecule has 108 valence electrons. The zero-order valence-corrected chi connectivity index (χ0v) is 11.8. The molecule has 0 aromatic heterocycles. The standard InChI is InChI=1S/C13H22N2O4/c1-9(2)7-10(13(18)19-3)14-11(16)8-15-6-4-5-12(15)17/h9-10H,4-8H2,1-3H3,(H,14,16). The molecule has 0 radical (unpaired) electrons. The highest BCUT2D eigenvalue weighted by molar-refractivity contribution is 5.88. The van der Waals surface area contributed by atoms with E-state index in [1.807, 2.05) is 13.8 Å². The molecule has 1 unspecified atom stereocenters. The van der Waals surface area contributed by atoms with Crippen LogP contribution >= 0.6 is 0 Å². The number of hydrogen-bond donors (Lipinski definition) is 1. The molecule has 1 aliphatic heterocycles. The number of ether oxygens (including phenoxy) is 1. The van der Waals surface area contributed by atoms with Gasteiger partial charge in [0.2, 0.25) is 11.8 Å². The van der Waals surface area contributed by atoms with Crippen molar-refractivity contribution in [3.63, 3.8) is 0 Å².